The van der Waals surface area contributed by atoms with Crippen molar-refractivity contribution in [3.05, 3.63) is 0 Å². The first-order chi connectivity index (χ1) is 2.56. The fourth-order valence-electron chi connectivity index (χ4n) is 0. The molecule has 2 N–H and O–H groups in total. The van der Waals surface area contributed by atoms with Crippen LogP contribution >= 0.6 is 7.82 Å². The summed E-state index contributed by atoms with van der Waals surface area (Å²) in [7, 11) is -4.81. The molecule has 4 nitrogen and oxygen atoms in total. The third kappa shape index (κ3) is 10.8. The molecule has 0 spiro atoms. The summed E-state index contributed by atoms with van der Waals surface area (Å²) >= 11 is 0. The molecule has 48 valence electrons. The van der Waals surface area contributed by atoms with Crippen LogP contribution in [0.5, 0.6) is 0 Å². The number of hydrogen-bond acceptors (Lipinski definition) is 2. The average molecular weight is 175 g/mol. The van der Waals surface area contributed by atoms with Gasteiger partial charge in [0.15, 0.2) is 0 Å². The van der Waals surface area contributed by atoms with E-state index in [2.05, 4.69) is 4.73 Å². The summed E-state index contributed by atoms with van der Waals surface area (Å²) in [6, 6.07) is 0. The minimum Gasteiger partial charge on any atom is -0.301 e. The fourth-order valence-corrected chi connectivity index (χ4v) is 0. The number of phosphoric acid groups is 1. The van der Waals surface area contributed by atoms with E-state index >= 15 is 0 Å². The van der Waals surface area contributed by atoms with Crippen LogP contribution in [0, 0.1) is 0 Å². The number of halogens is 1. The molecule has 0 aromatic rings. The van der Waals surface area contributed by atoms with Gasteiger partial charge in [0, 0.05) is 16.5 Å². The van der Waals surface area contributed by atoms with Crippen molar-refractivity contribution in [3.63, 3.8) is 0 Å². The maximum atomic E-state index is 10.2. The summed E-state index contributed by atoms with van der Waals surface area (Å²) in [6.45, 7) is 0. The standard InChI is InChI=1S/FH2O4P.Ni/c1-5-6(2,3)4;/h(H2,2,3,4);. The van der Waals surface area contributed by atoms with Crippen molar-refractivity contribution < 1.29 is 40.1 Å². The van der Waals surface area contributed by atoms with Crippen molar-refractivity contribution >= 4 is 7.82 Å². The van der Waals surface area contributed by atoms with Crippen LogP contribution in [0.1, 0.15) is 0 Å². The van der Waals surface area contributed by atoms with E-state index in [0.29, 0.717) is 0 Å². The Balaban J connectivity index is 0. The summed E-state index contributed by atoms with van der Waals surface area (Å²) in [6.07, 6.45) is 0. The molecule has 0 unspecified atom stereocenters. The number of rotatable bonds is 1. The molecular weight excluding hydrogens is 173 g/mol. The molecule has 7 heteroatoms. The van der Waals surface area contributed by atoms with Crippen LogP contribution in [0.3, 0.4) is 0 Å². The normalized spacial score (nSPS) is 10.1. The second-order valence-electron chi connectivity index (χ2n) is 0.560. The summed E-state index contributed by atoms with van der Waals surface area (Å²) < 4.78 is 21.4. The van der Waals surface area contributed by atoms with Crippen LogP contribution in [0.2, 0.25) is 0 Å². The molecule has 0 aromatic heterocycles. The Bertz CT molecular complexity index is 75.8. The maximum Gasteiger partial charge on any atom is 0.500 e. The van der Waals surface area contributed by atoms with Crippen LogP contribution in [0.25, 0.3) is 0 Å². The van der Waals surface area contributed by atoms with Crippen LogP contribution in [-0.2, 0) is 25.8 Å². The Kier molecular flexibility index (Phi) is 5.29. The van der Waals surface area contributed by atoms with E-state index in [9.17, 15) is 4.53 Å². The van der Waals surface area contributed by atoms with Gasteiger partial charge in [-0.1, -0.05) is 4.73 Å². The van der Waals surface area contributed by atoms with Gasteiger partial charge in [-0.15, -0.1) is 0 Å². The van der Waals surface area contributed by atoms with Gasteiger partial charge in [-0.2, -0.15) is 0 Å². The molecule has 0 aliphatic carbocycles. The molecular formula is H2FNiO4P. The first-order valence-corrected chi connectivity index (χ1v) is 2.45. The van der Waals surface area contributed by atoms with Crippen molar-refractivity contribution in [3.8, 4) is 0 Å². The van der Waals surface area contributed by atoms with Gasteiger partial charge in [0.2, 0.25) is 0 Å². The molecule has 0 rings (SSSR count). The Labute approximate surface area is 48.7 Å². The molecule has 0 saturated heterocycles. The van der Waals surface area contributed by atoms with Crippen molar-refractivity contribution in [2.45, 2.75) is 0 Å². The van der Waals surface area contributed by atoms with Gasteiger partial charge in [0.05, 0.1) is 0 Å². The van der Waals surface area contributed by atoms with E-state index in [-0.39, 0.29) is 16.5 Å². The van der Waals surface area contributed by atoms with Crippen molar-refractivity contribution in [2.75, 3.05) is 0 Å². The first kappa shape index (κ1) is 10.5. The second-order valence-corrected chi connectivity index (χ2v) is 1.68. The molecule has 0 aromatic carbocycles. The van der Waals surface area contributed by atoms with Gasteiger partial charge >= 0.3 is 7.82 Å². The minimum absolute atomic E-state index is 0. The van der Waals surface area contributed by atoms with Crippen molar-refractivity contribution in [1.29, 1.82) is 0 Å². The smallest absolute Gasteiger partial charge is 0.301 e. The van der Waals surface area contributed by atoms with E-state index < -0.39 is 7.82 Å². The van der Waals surface area contributed by atoms with E-state index in [1.807, 2.05) is 0 Å². The Hall–Kier alpha value is 0.534. The fraction of sp³-hybridized carbons (Fsp3) is 0. The predicted octanol–water partition coefficient (Wildman–Crippen LogP) is -0.0223. The zero-order chi connectivity index (χ0) is 5.21. The van der Waals surface area contributed by atoms with Crippen LogP contribution in [0.4, 0.5) is 4.53 Å². The molecule has 0 saturated carbocycles. The molecule has 0 radical (unpaired) electrons. The summed E-state index contributed by atoms with van der Waals surface area (Å²) in [5, 5.41) is 0. The van der Waals surface area contributed by atoms with Crippen LogP contribution < -0.4 is 0 Å². The van der Waals surface area contributed by atoms with E-state index in [0.717, 1.165) is 0 Å². The summed E-state index contributed by atoms with van der Waals surface area (Å²) in [5.41, 5.74) is 0. The Morgan fingerprint density at radius 1 is 1.57 bits per heavy atom. The molecule has 0 atom stereocenters. The SMILES string of the molecule is O=P(O)(O)OF.[Ni]. The first-order valence-electron chi connectivity index (χ1n) is 0.919. The number of hydrogen-bond donors (Lipinski definition) is 2. The molecule has 0 bridgehead atoms. The van der Waals surface area contributed by atoms with Crippen LogP contribution in [-0.4, -0.2) is 9.79 Å². The monoisotopic (exact) mass is 174 g/mol. The molecule has 0 heterocycles. The average Bonchev–Trinajstić information content (AvgIpc) is 1.35. The Morgan fingerprint density at radius 3 is 1.71 bits per heavy atom. The third-order valence-electron chi connectivity index (χ3n) is 0.0899. The third-order valence-corrected chi connectivity index (χ3v) is 0.270. The van der Waals surface area contributed by atoms with Gasteiger partial charge in [-0.3, -0.25) is 0 Å². The minimum atomic E-state index is -4.81. The molecule has 0 amide bonds. The molecule has 0 aliphatic rings. The topological polar surface area (TPSA) is 66.8 Å². The Morgan fingerprint density at radius 2 is 1.71 bits per heavy atom. The van der Waals surface area contributed by atoms with Gasteiger partial charge in [-0.25, -0.2) is 4.57 Å². The zero-order valence-corrected chi connectivity index (χ0v) is 4.73. The zero-order valence-electron chi connectivity index (χ0n) is 2.85. The largest absolute Gasteiger partial charge is 0.500 e. The second kappa shape index (κ2) is 3.52. The molecule has 7 heavy (non-hydrogen) atoms. The predicted molar refractivity (Wildman–Crippen MR) is 14.2 cm³/mol. The van der Waals surface area contributed by atoms with E-state index in [1.165, 1.54) is 0 Å². The van der Waals surface area contributed by atoms with E-state index in [4.69, 9.17) is 14.4 Å². The van der Waals surface area contributed by atoms with Gasteiger partial charge in [0.25, 0.3) is 0 Å². The van der Waals surface area contributed by atoms with Crippen LogP contribution in [0.15, 0.2) is 0 Å². The summed E-state index contributed by atoms with van der Waals surface area (Å²) in [5.74, 6) is 0. The van der Waals surface area contributed by atoms with E-state index in [1.54, 1.807) is 0 Å². The quantitative estimate of drug-likeness (QED) is 0.433. The van der Waals surface area contributed by atoms with Crippen molar-refractivity contribution in [1.82, 2.24) is 0 Å². The van der Waals surface area contributed by atoms with Gasteiger partial charge < -0.3 is 9.79 Å². The maximum absolute atomic E-state index is 10.2. The molecule has 0 aliphatic heterocycles. The van der Waals surface area contributed by atoms with Gasteiger partial charge in [0.1, 0.15) is 0 Å². The summed E-state index contributed by atoms with van der Waals surface area (Å²) in [4.78, 5) is 14.7. The molecule has 0 fully saturated rings. The van der Waals surface area contributed by atoms with Crippen molar-refractivity contribution in [2.24, 2.45) is 0 Å². The van der Waals surface area contributed by atoms with Gasteiger partial charge in [-0.05, 0) is 4.53 Å².